The van der Waals surface area contributed by atoms with E-state index in [1.54, 1.807) is 12.5 Å². The lowest BCUT2D eigenvalue weighted by atomic mass is 10.2. The number of aryl methyl sites for hydroxylation is 1. The van der Waals surface area contributed by atoms with Gasteiger partial charge >= 0.3 is 0 Å². The molecule has 0 amide bonds. The number of hydrogen-bond donors (Lipinski definition) is 2. The maximum atomic E-state index is 5.26. The van der Waals surface area contributed by atoms with Gasteiger partial charge in [-0.05, 0) is 36.8 Å². The summed E-state index contributed by atoms with van der Waals surface area (Å²) in [5, 5.41) is 14.2. The van der Waals surface area contributed by atoms with E-state index in [1.807, 2.05) is 37.3 Å². The third-order valence-electron chi connectivity index (χ3n) is 3.01. The highest BCUT2D eigenvalue weighted by molar-refractivity contribution is 9.10. The fourth-order valence-corrected chi connectivity index (χ4v) is 2.21. The van der Waals surface area contributed by atoms with Crippen LogP contribution in [0.4, 0.5) is 17.5 Å². The molecule has 3 aromatic rings. The van der Waals surface area contributed by atoms with Crippen LogP contribution in [0.3, 0.4) is 0 Å². The van der Waals surface area contributed by atoms with Crippen LogP contribution in [0.15, 0.2) is 51.7 Å². The SMILES string of the molecule is Cc1ccc(Nc2nncc(NCc3ccco3)n2)cc1Br. The predicted molar refractivity (Wildman–Crippen MR) is 88.0 cm³/mol. The minimum absolute atomic E-state index is 0.431. The predicted octanol–water partition coefficient (Wildman–Crippen LogP) is 3.89. The number of aromatic nitrogens is 3. The summed E-state index contributed by atoms with van der Waals surface area (Å²) in [6.45, 7) is 2.58. The Kier molecular flexibility index (Phi) is 4.34. The zero-order valence-corrected chi connectivity index (χ0v) is 13.5. The van der Waals surface area contributed by atoms with E-state index in [1.165, 1.54) is 5.56 Å². The summed E-state index contributed by atoms with van der Waals surface area (Å²) in [7, 11) is 0. The highest BCUT2D eigenvalue weighted by Crippen LogP contribution is 2.22. The number of nitrogens with one attached hydrogen (secondary N) is 2. The molecular formula is C15H14BrN5O. The smallest absolute Gasteiger partial charge is 0.249 e. The lowest BCUT2D eigenvalue weighted by Gasteiger charge is -2.08. The van der Waals surface area contributed by atoms with Crippen LogP contribution in [0, 0.1) is 6.92 Å². The van der Waals surface area contributed by atoms with Gasteiger partial charge in [0, 0.05) is 10.2 Å². The molecule has 0 bridgehead atoms. The van der Waals surface area contributed by atoms with Crippen molar-refractivity contribution in [2.75, 3.05) is 10.6 Å². The standard InChI is InChI=1S/C15H14BrN5O/c1-10-4-5-11(7-13(10)16)19-15-20-14(9-18-21-15)17-8-12-3-2-6-22-12/h2-7,9H,8H2,1H3,(H2,17,19,20,21). The largest absolute Gasteiger partial charge is 0.467 e. The summed E-state index contributed by atoms with van der Waals surface area (Å²) in [5.41, 5.74) is 2.06. The molecule has 0 spiro atoms. The Morgan fingerprint density at radius 3 is 2.95 bits per heavy atom. The van der Waals surface area contributed by atoms with Crippen LogP contribution in [0.25, 0.3) is 0 Å². The Balaban J connectivity index is 1.69. The van der Waals surface area contributed by atoms with Gasteiger partial charge in [0.25, 0.3) is 0 Å². The first-order valence-electron chi connectivity index (χ1n) is 6.70. The average molecular weight is 360 g/mol. The van der Waals surface area contributed by atoms with Crippen molar-refractivity contribution in [3.05, 3.63) is 58.6 Å². The van der Waals surface area contributed by atoms with Gasteiger partial charge in [-0.1, -0.05) is 22.0 Å². The Hall–Kier alpha value is -2.41. The minimum Gasteiger partial charge on any atom is -0.467 e. The number of rotatable bonds is 5. The quantitative estimate of drug-likeness (QED) is 0.719. The summed E-state index contributed by atoms with van der Waals surface area (Å²) < 4.78 is 6.28. The zero-order valence-electron chi connectivity index (χ0n) is 11.9. The first kappa shape index (κ1) is 14.5. The van der Waals surface area contributed by atoms with Gasteiger partial charge in [0.1, 0.15) is 5.76 Å². The van der Waals surface area contributed by atoms with E-state index in [0.717, 1.165) is 15.9 Å². The van der Waals surface area contributed by atoms with Crippen LogP contribution in [-0.4, -0.2) is 15.2 Å². The lowest BCUT2D eigenvalue weighted by molar-refractivity contribution is 0.517. The van der Waals surface area contributed by atoms with Crippen molar-refractivity contribution >= 4 is 33.4 Å². The van der Waals surface area contributed by atoms with E-state index in [0.29, 0.717) is 18.3 Å². The second kappa shape index (κ2) is 6.57. The lowest BCUT2D eigenvalue weighted by Crippen LogP contribution is -2.05. The molecule has 0 aliphatic heterocycles. The Morgan fingerprint density at radius 2 is 2.18 bits per heavy atom. The van der Waals surface area contributed by atoms with Gasteiger partial charge in [0.15, 0.2) is 5.82 Å². The number of furan rings is 1. The minimum atomic E-state index is 0.431. The second-order valence-corrected chi connectivity index (χ2v) is 5.54. The highest BCUT2D eigenvalue weighted by Gasteiger charge is 2.03. The Labute approximate surface area is 136 Å². The molecule has 2 N–H and O–H groups in total. The number of benzene rings is 1. The van der Waals surface area contributed by atoms with E-state index in [2.05, 4.69) is 41.7 Å². The van der Waals surface area contributed by atoms with Gasteiger partial charge in [-0.2, -0.15) is 10.1 Å². The molecule has 0 atom stereocenters. The first-order chi connectivity index (χ1) is 10.7. The Morgan fingerprint density at radius 1 is 1.27 bits per heavy atom. The molecule has 0 aliphatic carbocycles. The average Bonchev–Trinajstić information content (AvgIpc) is 3.03. The normalized spacial score (nSPS) is 10.5. The molecule has 112 valence electrons. The molecule has 0 fully saturated rings. The molecule has 6 nitrogen and oxygen atoms in total. The van der Waals surface area contributed by atoms with Crippen LogP contribution in [0.5, 0.6) is 0 Å². The van der Waals surface area contributed by atoms with Crippen LogP contribution >= 0.6 is 15.9 Å². The second-order valence-electron chi connectivity index (χ2n) is 4.69. The summed E-state index contributed by atoms with van der Waals surface area (Å²) in [6, 6.07) is 9.69. The van der Waals surface area contributed by atoms with Gasteiger partial charge in [0.2, 0.25) is 5.95 Å². The molecule has 0 saturated heterocycles. The van der Waals surface area contributed by atoms with E-state index in [4.69, 9.17) is 4.42 Å². The summed E-state index contributed by atoms with van der Waals surface area (Å²) >= 11 is 3.50. The van der Waals surface area contributed by atoms with Crippen LogP contribution in [0.1, 0.15) is 11.3 Å². The Bertz CT molecular complexity index is 760. The fraction of sp³-hybridized carbons (Fsp3) is 0.133. The van der Waals surface area contributed by atoms with Gasteiger partial charge in [0.05, 0.1) is 19.0 Å². The van der Waals surface area contributed by atoms with E-state index in [9.17, 15) is 0 Å². The van der Waals surface area contributed by atoms with Crippen LogP contribution in [-0.2, 0) is 6.54 Å². The topological polar surface area (TPSA) is 75.9 Å². The molecule has 2 aromatic heterocycles. The van der Waals surface area contributed by atoms with Crippen molar-refractivity contribution in [3.63, 3.8) is 0 Å². The van der Waals surface area contributed by atoms with E-state index in [-0.39, 0.29) is 0 Å². The maximum Gasteiger partial charge on any atom is 0.249 e. The molecule has 0 unspecified atom stereocenters. The van der Waals surface area contributed by atoms with Crippen LogP contribution < -0.4 is 10.6 Å². The summed E-state index contributed by atoms with van der Waals surface area (Å²) in [6.07, 6.45) is 3.21. The number of hydrogen-bond acceptors (Lipinski definition) is 6. The van der Waals surface area contributed by atoms with Crippen molar-refractivity contribution in [2.24, 2.45) is 0 Å². The van der Waals surface area contributed by atoms with Crippen molar-refractivity contribution in [1.82, 2.24) is 15.2 Å². The number of anilines is 3. The monoisotopic (exact) mass is 359 g/mol. The third kappa shape index (κ3) is 3.62. The molecule has 0 aliphatic rings. The molecular weight excluding hydrogens is 346 g/mol. The van der Waals surface area contributed by atoms with E-state index >= 15 is 0 Å². The summed E-state index contributed by atoms with van der Waals surface area (Å²) in [5.74, 6) is 1.89. The van der Waals surface area contributed by atoms with Gasteiger partial charge in [-0.3, -0.25) is 0 Å². The number of nitrogens with zero attached hydrogens (tertiary/aromatic N) is 3. The first-order valence-corrected chi connectivity index (χ1v) is 7.49. The summed E-state index contributed by atoms with van der Waals surface area (Å²) in [4.78, 5) is 4.37. The number of halogens is 1. The van der Waals surface area contributed by atoms with Crippen molar-refractivity contribution in [3.8, 4) is 0 Å². The van der Waals surface area contributed by atoms with Crippen molar-refractivity contribution < 1.29 is 4.42 Å². The van der Waals surface area contributed by atoms with Crippen molar-refractivity contribution in [1.29, 1.82) is 0 Å². The molecule has 22 heavy (non-hydrogen) atoms. The molecule has 7 heteroatoms. The van der Waals surface area contributed by atoms with Gasteiger partial charge < -0.3 is 15.1 Å². The molecule has 0 radical (unpaired) electrons. The molecule has 3 rings (SSSR count). The highest BCUT2D eigenvalue weighted by atomic mass is 79.9. The van der Waals surface area contributed by atoms with E-state index < -0.39 is 0 Å². The third-order valence-corrected chi connectivity index (χ3v) is 3.86. The van der Waals surface area contributed by atoms with Crippen molar-refractivity contribution in [2.45, 2.75) is 13.5 Å². The molecule has 2 heterocycles. The van der Waals surface area contributed by atoms with Gasteiger partial charge in [-0.25, -0.2) is 0 Å². The molecule has 0 saturated carbocycles. The van der Waals surface area contributed by atoms with Gasteiger partial charge in [-0.15, -0.1) is 5.10 Å². The van der Waals surface area contributed by atoms with Crippen LogP contribution in [0.2, 0.25) is 0 Å². The fourth-order valence-electron chi connectivity index (χ4n) is 1.83. The zero-order chi connectivity index (χ0) is 15.4. The molecule has 1 aromatic carbocycles. The maximum absolute atomic E-state index is 5.26.